The minimum absolute atomic E-state index is 0.396. The summed E-state index contributed by atoms with van der Waals surface area (Å²) >= 11 is 0. The Hall–Kier alpha value is 1.16. The molecular formula is C27H54O6S4. The first-order chi connectivity index (χ1) is 17.3. The Morgan fingerprint density at radius 3 is 1.81 bits per heavy atom. The van der Waals surface area contributed by atoms with E-state index in [1.54, 1.807) is 0 Å². The lowest BCUT2D eigenvalue weighted by atomic mass is 9.89. The van der Waals surface area contributed by atoms with Gasteiger partial charge in [0.25, 0.3) is 0 Å². The van der Waals surface area contributed by atoms with Crippen molar-refractivity contribution in [1.82, 2.24) is 0 Å². The van der Waals surface area contributed by atoms with Crippen molar-refractivity contribution in [3.05, 3.63) is 0 Å². The van der Waals surface area contributed by atoms with E-state index in [9.17, 15) is 0 Å². The van der Waals surface area contributed by atoms with Gasteiger partial charge in [-0.15, -0.1) is 0 Å². The zero-order valence-corrected chi connectivity index (χ0v) is 27.7. The van der Waals surface area contributed by atoms with Crippen LogP contribution in [0, 0.1) is 23.7 Å². The molecule has 6 nitrogen and oxygen atoms in total. The second kappa shape index (κ2) is 11.1. The van der Waals surface area contributed by atoms with Gasteiger partial charge in [0.2, 0.25) is 0 Å². The Morgan fingerprint density at radius 2 is 1.24 bits per heavy atom. The Balaban J connectivity index is 1.27. The van der Waals surface area contributed by atoms with Crippen molar-refractivity contribution in [2.75, 3.05) is 48.5 Å². The van der Waals surface area contributed by atoms with Crippen LogP contribution in [0.4, 0.5) is 0 Å². The zero-order valence-electron chi connectivity index (χ0n) is 24.5. The van der Waals surface area contributed by atoms with E-state index >= 15 is 0 Å². The number of ether oxygens (including phenoxy) is 2. The van der Waals surface area contributed by atoms with E-state index in [2.05, 4.69) is 52.1 Å². The minimum atomic E-state index is -1.80. The van der Waals surface area contributed by atoms with E-state index in [1.807, 2.05) is 0 Å². The van der Waals surface area contributed by atoms with Crippen LogP contribution in [0.3, 0.4) is 0 Å². The first kappa shape index (κ1) is 29.6. The van der Waals surface area contributed by atoms with Crippen LogP contribution >= 0.6 is 42.4 Å². The highest BCUT2D eigenvalue weighted by Crippen LogP contribution is 2.79. The molecule has 37 heavy (non-hydrogen) atoms. The van der Waals surface area contributed by atoms with Gasteiger partial charge in [-0.2, -0.15) is 56.9 Å². The molecule has 2 aliphatic carbocycles. The van der Waals surface area contributed by atoms with Crippen molar-refractivity contribution >= 4 is 42.4 Å². The van der Waals surface area contributed by atoms with Crippen LogP contribution in [0.15, 0.2) is 0 Å². The highest BCUT2D eigenvalue weighted by atomic mass is 32.4. The predicted molar refractivity (Wildman–Crippen MR) is 164 cm³/mol. The van der Waals surface area contributed by atoms with Gasteiger partial charge in [0.1, 0.15) is 0 Å². The average Bonchev–Trinajstić information content (AvgIpc) is 3.20. The maximum Gasteiger partial charge on any atom is 0.0632 e. The number of hydrogen-bond donors (Lipinski definition) is 0. The summed E-state index contributed by atoms with van der Waals surface area (Å²) in [4.78, 5) is 0. The first-order valence-electron chi connectivity index (χ1n) is 14.5. The lowest BCUT2D eigenvalue weighted by Crippen LogP contribution is -2.42. The van der Waals surface area contributed by atoms with Crippen LogP contribution in [0.1, 0.15) is 72.1 Å². The van der Waals surface area contributed by atoms with Gasteiger partial charge in [-0.3, -0.25) is 0 Å². The van der Waals surface area contributed by atoms with Gasteiger partial charge >= 0.3 is 0 Å². The zero-order chi connectivity index (χ0) is 26.6. The fourth-order valence-electron chi connectivity index (χ4n) is 7.47. The van der Waals surface area contributed by atoms with E-state index in [-0.39, 0.29) is 0 Å². The molecule has 6 rings (SSSR count). The topological polar surface area (TPSA) is 55.4 Å². The van der Waals surface area contributed by atoms with Gasteiger partial charge in [0.15, 0.2) is 0 Å². The molecule has 0 N–H and O–H groups in total. The van der Waals surface area contributed by atoms with Gasteiger partial charge in [-0.05, 0) is 75.5 Å². The summed E-state index contributed by atoms with van der Waals surface area (Å²) < 4.78 is 40.4. The summed E-state index contributed by atoms with van der Waals surface area (Å²) in [6, 6.07) is 0. The molecule has 6 fully saturated rings. The standard InChI is InChI=1S/C27H54O6S4/c1-9-14-35(6)32-36(7,15-12-22-11-10-20(2)26-19-27(22)29-26)30-34(4,5)31-37(8,33-35)16-13-23-17-24-18-25(23)21(3)28-24/h20-27H,9-19H2,1-8H3/t20?,21?,22?,23?,24?,25-,26-,27?/m0/s1. The van der Waals surface area contributed by atoms with Gasteiger partial charge in [0, 0.05) is 55.0 Å². The van der Waals surface area contributed by atoms with E-state index in [0.717, 1.165) is 42.4 Å². The van der Waals surface area contributed by atoms with Crippen molar-refractivity contribution in [2.24, 2.45) is 23.7 Å². The van der Waals surface area contributed by atoms with Crippen molar-refractivity contribution < 1.29 is 24.0 Å². The summed E-state index contributed by atoms with van der Waals surface area (Å²) in [5.41, 5.74) is 0. The average molecular weight is 603 g/mol. The SMILES string of the molecule is CCCS1(C)OS(C)(CCC2CCC(C)[C@@H]3CC2O3)OS(C)(C)OS(C)(CCC2CC3C[C@H]2C(C)O3)O1. The highest BCUT2D eigenvalue weighted by molar-refractivity contribution is 8.49. The second-order valence-electron chi connectivity index (χ2n) is 13.0. The van der Waals surface area contributed by atoms with E-state index in [4.69, 9.17) is 24.0 Å². The van der Waals surface area contributed by atoms with Crippen LogP contribution in [0.2, 0.25) is 0 Å². The van der Waals surface area contributed by atoms with E-state index in [1.165, 1.54) is 32.1 Å². The molecule has 0 amide bonds. The first-order valence-corrected chi connectivity index (χ1v) is 22.9. The molecule has 0 radical (unpaired) electrons. The third-order valence-corrected chi connectivity index (χ3v) is 21.8. The lowest BCUT2D eigenvalue weighted by Gasteiger charge is -2.61. The third-order valence-electron chi connectivity index (χ3n) is 9.17. The molecule has 9 unspecified atom stereocenters. The number of rotatable bonds is 8. The molecule has 10 heteroatoms. The molecule has 2 saturated carbocycles. The van der Waals surface area contributed by atoms with Crippen molar-refractivity contribution in [1.29, 1.82) is 0 Å². The Labute approximate surface area is 234 Å². The van der Waals surface area contributed by atoms with Gasteiger partial charge < -0.3 is 9.47 Å². The Kier molecular flexibility index (Phi) is 8.89. The maximum absolute atomic E-state index is 7.09. The predicted octanol–water partition coefficient (Wildman–Crippen LogP) is 7.96. The van der Waals surface area contributed by atoms with Crippen LogP contribution in [-0.2, 0) is 24.0 Å². The molecule has 0 aromatic heterocycles. The van der Waals surface area contributed by atoms with Crippen LogP contribution in [0.5, 0.6) is 0 Å². The summed E-state index contributed by atoms with van der Waals surface area (Å²) in [6.07, 6.45) is 22.2. The molecule has 4 aliphatic heterocycles. The second-order valence-corrected chi connectivity index (χ2v) is 24.2. The summed E-state index contributed by atoms with van der Waals surface area (Å²) in [5, 5.41) is 0. The smallest absolute Gasteiger partial charge is 0.0632 e. The summed E-state index contributed by atoms with van der Waals surface area (Å²) in [7, 11) is -7.13. The normalized spacial score (nSPS) is 57.3. The quantitative estimate of drug-likeness (QED) is 0.281. The molecule has 4 bridgehead atoms. The molecule has 0 spiro atoms. The fraction of sp³-hybridized carbons (Fsp3) is 1.00. The van der Waals surface area contributed by atoms with Crippen molar-refractivity contribution in [3.8, 4) is 0 Å². The van der Waals surface area contributed by atoms with Gasteiger partial charge in [-0.25, -0.2) is 0 Å². The number of hydrogen-bond acceptors (Lipinski definition) is 6. The molecule has 222 valence electrons. The van der Waals surface area contributed by atoms with Crippen LogP contribution < -0.4 is 0 Å². The van der Waals surface area contributed by atoms with Crippen molar-refractivity contribution in [3.63, 3.8) is 0 Å². The molecule has 11 atom stereocenters. The van der Waals surface area contributed by atoms with E-state index < -0.39 is 42.4 Å². The molecule has 4 heterocycles. The fourth-order valence-corrected chi connectivity index (χ4v) is 22.9. The van der Waals surface area contributed by atoms with Crippen molar-refractivity contribution in [2.45, 2.75) is 96.6 Å². The van der Waals surface area contributed by atoms with E-state index in [0.29, 0.717) is 42.2 Å². The number of fused-ring (bicyclic) bond motifs is 5. The lowest BCUT2D eigenvalue weighted by molar-refractivity contribution is -0.155. The van der Waals surface area contributed by atoms with Gasteiger partial charge in [0.05, 0.1) is 24.4 Å². The third kappa shape index (κ3) is 6.81. The molecule has 6 aliphatic rings. The summed E-state index contributed by atoms with van der Waals surface area (Å²) in [5.74, 6) is 5.52. The largest absolute Gasteiger partial charge is 0.375 e. The molecule has 4 saturated heterocycles. The Morgan fingerprint density at radius 1 is 0.649 bits per heavy atom. The Bertz CT molecular complexity index is 811. The van der Waals surface area contributed by atoms with Gasteiger partial charge in [-0.1, -0.05) is 13.8 Å². The molecule has 0 aromatic carbocycles. The van der Waals surface area contributed by atoms with Crippen LogP contribution in [0.25, 0.3) is 0 Å². The summed E-state index contributed by atoms with van der Waals surface area (Å²) in [6.45, 7) is 6.83. The highest BCUT2D eigenvalue weighted by Gasteiger charge is 2.47. The molecule has 0 aromatic rings. The minimum Gasteiger partial charge on any atom is -0.375 e. The maximum atomic E-state index is 7.09. The molecular weight excluding hydrogens is 549 g/mol. The monoisotopic (exact) mass is 602 g/mol. The van der Waals surface area contributed by atoms with Crippen LogP contribution in [-0.4, -0.2) is 73.0 Å².